The fraction of sp³-hybridized carbons (Fsp3) is 0.474. The van der Waals surface area contributed by atoms with Crippen molar-refractivity contribution in [1.82, 2.24) is 14.9 Å². The molecule has 0 bridgehead atoms. The highest BCUT2D eigenvalue weighted by Crippen LogP contribution is 2.53. The first-order valence-electron chi connectivity index (χ1n) is 8.64. The van der Waals surface area contributed by atoms with E-state index >= 15 is 0 Å². The number of imidazole rings is 1. The second-order valence-electron chi connectivity index (χ2n) is 7.90. The molecular formula is C19H22BrN3O2. The Morgan fingerprint density at radius 3 is 2.68 bits per heavy atom. The van der Waals surface area contributed by atoms with Crippen molar-refractivity contribution in [1.29, 1.82) is 0 Å². The number of fused-ring (bicyclic) bond motifs is 1. The van der Waals surface area contributed by atoms with Crippen molar-refractivity contribution in [2.24, 2.45) is 5.92 Å². The summed E-state index contributed by atoms with van der Waals surface area (Å²) >= 11 is 3.45. The van der Waals surface area contributed by atoms with Crippen LogP contribution in [0, 0.1) is 5.92 Å². The number of likely N-dealkylation sites (tertiary alicyclic amines) is 1. The van der Waals surface area contributed by atoms with E-state index in [0.29, 0.717) is 12.0 Å². The van der Waals surface area contributed by atoms with Gasteiger partial charge in [0.15, 0.2) is 0 Å². The number of aromatic amines is 1. The van der Waals surface area contributed by atoms with E-state index < -0.39 is 5.60 Å². The molecule has 25 heavy (non-hydrogen) atoms. The van der Waals surface area contributed by atoms with Gasteiger partial charge in [0.2, 0.25) is 0 Å². The molecule has 132 valence electrons. The van der Waals surface area contributed by atoms with Gasteiger partial charge >= 0.3 is 6.09 Å². The molecule has 1 aromatic heterocycles. The van der Waals surface area contributed by atoms with E-state index in [1.807, 2.05) is 56.1 Å². The Kier molecular flexibility index (Phi) is 3.90. The maximum absolute atomic E-state index is 12.7. The maximum atomic E-state index is 12.7. The molecule has 0 radical (unpaired) electrons. The van der Waals surface area contributed by atoms with Crippen LogP contribution in [-0.2, 0) is 4.74 Å². The van der Waals surface area contributed by atoms with Gasteiger partial charge in [-0.25, -0.2) is 9.78 Å². The van der Waals surface area contributed by atoms with E-state index in [4.69, 9.17) is 4.74 Å². The Labute approximate surface area is 155 Å². The topological polar surface area (TPSA) is 58.2 Å². The first-order chi connectivity index (χ1) is 11.8. The van der Waals surface area contributed by atoms with Crippen LogP contribution >= 0.6 is 15.9 Å². The zero-order chi connectivity index (χ0) is 17.8. The van der Waals surface area contributed by atoms with Crippen LogP contribution in [0.5, 0.6) is 0 Å². The average molecular weight is 404 g/mol. The zero-order valence-corrected chi connectivity index (χ0v) is 16.2. The van der Waals surface area contributed by atoms with E-state index in [1.165, 1.54) is 0 Å². The van der Waals surface area contributed by atoms with Gasteiger partial charge in [-0.2, -0.15) is 0 Å². The number of H-pyrrole nitrogens is 1. The molecule has 5 nitrogen and oxygen atoms in total. The summed E-state index contributed by atoms with van der Waals surface area (Å²) in [4.78, 5) is 22.5. The maximum Gasteiger partial charge on any atom is 0.411 e. The van der Waals surface area contributed by atoms with Crippen molar-refractivity contribution in [2.75, 3.05) is 0 Å². The largest absolute Gasteiger partial charge is 0.444 e. The van der Waals surface area contributed by atoms with Crippen LogP contribution in [0.3, 0.4) is 0 Å². The Hall–Kier alpha value is -1.82. The summed E-state index contributed by atoms with van der Waals surface area (Å²) in [7, 11) is 0. The summed E-state index contributed by atoms with van der Waals surface area (Å²) < 4.78 is 6.66. The molecule has 2 heterocycles. The fourth-order valence-electron chi connectivity index (χ4n) is 3.57. The van der Waals surface area contributed by atoms with Crippen LogP contribution in [0.2, 0.25) is 0 Å². The molecule has 1 saturated carbocycles. The number of ether oxygens (including phenoxy) is 1. The molecule has 2 aromatic rings. The molecule has 3 atom stereocenters. The second-order valence-corrected chi connectivity index (χ2v) is 8.81. The fourth-order valence-corrected chi connectivity index (χ4v) is 3.83. The summed E-state index contributed by atoms with van der Waals surface area (Å²) in [5, 5.41) is 0. The minimum Gasteiger partial charge on any atom is -0.444 e. The van der Waals surface area contributed by atoms with E-state index in [2.05, 4.69) is 25.9 Å². The highest BCUT2D eigenvalue weighted by molar-refractivity contribution is 9.10. The van der Waals surface area contributed by atoms with Crippen LogP contribution in [0.1, 0.15) is 45.3 Å². The van der Waals surface area contributed by atoms with Gasteiger partial charge < -0.3 is 9.72 Å². The lowest BCUT2D eigenvalue weighted by molar-refractivity contribution is 0.0178. The van der Waals surface area contributed by atoms with Gasteiger partial charge in [0, 0.05) is 16.1 Å². The number of carbonyl (C=O) groups excluding carboxylic acids is 1. The quantitative estimate of drug-likeness (QED) is 0.774. The molecule has 1 aliphatic heterocycles. The van der Waals surface area contributed by atoms with Crippen LogP contribution in [0.25, 0.3) is 11.4 Å². The van der Waals surface area contributed by atoms with Gasteiger partial charge in [-0.05, 0) is 51.7 Å². The monoisotopic (exact) mass is 403 g/mol. The Bertz CT molecular complexity index is 794. The van der Waals surface area contributed by atoms with Gasteiger partial charge in [-0.15, -0.1) is 0 Å². The summed E-state index contributed by atoms with van der Waals surface area (Å²) in [6.07, 6.45) is 3.70. The predicted molar refractivity (Wildman–Crippen MR) is 99.0 cm³/mol. The minimum absolute atomic E-state index is 0.0234. The number of aromatic nitrogens is 2. The molecule has 2 fully saturated rings. The third-order valence-corrected chi connectivity index (χ3v) is 5.31. The third kappa shape index (κ3) is 3.32. The van der Waals surface area contributed by atoms with E-state index in [-0.39, 0.29) is 12.1 Å². The number of rotatable bonds is 2. The minimum atomic E-state index is -0.481. The molecule has 0 unspecified atom stereocenters. The summed E-state index contributed by atoms with van der Waals surface area (Å²) in [5.74, 6) is 1.42. The number of nitrogens with one attached hydrogen (secondary N) is 1. The third-order valence-electron chi connectivity index (χ3n) is 4.78. The molecule has 1 amide bonds. The standard InChI is InChI=1S/C19H22BrN3O2/c1-19(2,3)25-18(24)23-15-8-12(15)9-16(23)14-10-21-17(22-14)11-4-6-13(20)7-5-11/h4-7,10,12,15-16H,8-9H2,1-3H3,(H,21,22)/t12-,15-,16+/m1/s1. The van der Waals surface area contributed by atoms with Crippen molar-refractivity contribution < 1.29 is 9.53 Å². The van der Waals surface area contributed by atoms with Gasteiger partial charge in [-0.3, -0.25) is 4.90 Å². The number of amides is 1. The second kappa shape index (κ2) is 5.87. The lowest BCUT2D eigenvalue weighted by Gasteiger charge is -2.30. The number of hydrogen-bond donors (Lipinski definition) is 1. The highest BCUT2D eigenvalue weighted by atomic mass is 79.9. The van der Waals surface area contributed by atoms with E-state index in [9.17, 15) is 4.79 Å². The smallest absolute Gasteiger partial charge is 0.411 e. The van der Waals surface area contributed by atoms with Crippen LogP contribution < -0.4 is 0 Å². The number of nitrogens with zero attached hydrogens (tertiary/aromatic N) is 2. The molecule has 1 aromatic carbocycles. The Morgan fingerprint density at radius 1 is 1.28 bits per heavy atom. The van der Waals surface area contributed by atoms with Gasteiger partial charge in [0.05, 0.1) is 17.9 Å². The van der Waals surface area contributed by atoms with Gasteiger partial charge in [0.25, 0.3) is 0 Å². The predicted octanol–water partition coefficient (Wildman–Crippen LogP) is 4.91. The molecular weight excluding hydrogens is 382 g/mol. The highest BCUT2D eigenvalue weighted by Gasteiger charge is 2.55. The van der Waals surface area contributed by atoms with Crippen molar-refractivity contribution in [3.05, 3.63) is 40.6 Å². The molecule has 1 aliphatic carbocycles. The first-order valence-corrected chi connectivity index (χ1v) is 9.43. The first kappa shape index (κ1) is 16.6. The SMILES string of the molecule is CC(C)(C)OC(=O)N1[C@@H]2C[C@@H]2C[C@H]1c1cnc(-c2ccc(Br)cc2)[nH]1. The molecule has 0 spiro atoms. The van der Waals surface area contributed by atoms with Crippen LogP contribution in [0.4, 0.5) is 4.79 Å². The number of piperidine rings is 1. The van der Waals surface area contributed by atoms with Crippen molar-refractivity contribution in [3.8, 4) is 11.4 Å². The lowest BCUT2D eigenvalue weighted by atomic mass is 10.1. The van der Waals surface area contributed by atoms with Crippen LogP contribution in [0.15, 0.2) is 34.9 Å². The average Bonchev–Trinajstić information content (AvgIpc) is 2.97. The number of hydrogen-bond acceptors (Lipinski definition) is 3. The van der Waals surface area contributed by atoms with Crippen LogP contribution in [-0.4, -0.2) is 32.6 Å². The van der Waals surface area contributed by atoms with Crippen molar-refractivity contribution >= 4 is 22.0 Å². The molecule has 1 N–H and O–H groups in total. The van der Waals surface area contributed by atoms with Gasteiger partial charge in [0.1, 0.15) is 11.4 Å². The number of benzene rings is 1. The molecule has 2 aliphatic rings. The molecule has 4 rings (SSSR count). The Balaban J connectivity index is 1.57. The summed E-state index contributed by atoms with van der Waals surface area (Å²) in [6.45, 7) is 5.71. The summed E-state index contributed by atoms with van der Waals surface area (Å²) in [5.41, 5.74) is 1.53. The number of carbonyl (C=O) groups is 1. The van der Waals surface area contributed by atoms with Crippen molar-refractivity contribution in [3.63, 3.8) is 0 Å². The molecule has 1 saturated heterocycles. The number of halogens is 1. The normalized spacial score (nSPS) is 25.0. The molecule has 6 heteroatoms. The Morgan fingerprint density at radius 2 is 2.00 bits per heavy atom. The van der Waals surface area contributed by atoms with E-state index in [0.717, 1.165) is 34.4 Å². The van der Waals surface area contributed by atoms with E-state index in [1.54, 1.807) is 0 Å². The summed E-state index contributed by atoms with van der Waals surface area (Å²) in [6, 6.07) is 8.37. The van der Waals surface area contributed by atoms with Crippen molar-refractivity contribution in [2.45, 2.75) is 51.3 Å². The lowest BCUT2D eigenvalue weighted by Crippen LogP contribution is -2.38. The zero-order valence-electron chi connectivity index (χ0n) is 14.6. The van der Waals surface area contributed by atoms with Gasteiger partial charge in [-0.1, -0.05) is 28.1 Å².